The van der Waals surface area contributed by atoms with Crippen LogP contribution in [0.25, 0.3) is 0 Å². The lowest BCUT2D eigenvalue weighted by Gasteiger charge is -2.13. The number of amides is 1. The first-order valence-electron chi connectivity index (χ1n) is 6.27. The largest absolute Gasteiger partial charge is 0.480 e. The molecule has 1 amide bonds. The van der Waals surface area contributed by atoms with Crippen molar-refractivity contribution < 1.29 is 23.5 Å². The number of benzene rings is 1. The molecule has 0 aromatic heterocycles. The molecule has 0 aliphatic carbocycles. The molecule has 7 heteroatoms. The zero-order valence-corrected chi connectivity index (χ0v) is 11.1. The van der Waals surface area contributed by atoms with Crippen LogP contribution in [-0.4, -0.2) is 23.0 Å². The van der Waals surface area contributed by atoms with Gasteiger partial charge >= 0.3 is 5.97 Å². The van der Waals surface area contributed by atoms with Gasteiger partial charge in [-0.3, -0.25) is 4.79 Å². The van der Waals surface area contributed by atoms with E-state index in [0.717, 1.165) is 12.1 Å². The maximum atomic E-state index is 13.0. The first-order chi connectivity index (χ1) is 9.93. The lowest BCUT2D eigenvalue weighted by atomic mass is 10.1. The van der Waals surface area contributed by atoms with E-state index in [1.54, 1.807) is 0 Å². The summed E-state index contributed by atoms with van der Waals surface area (Å²) in [4.78, 5) is 22.7. The molecule has 0 spiro atoms. The number of nitriles is 1. The van der Waals surface area contributed by atoms with Crippen LogP contribution in [0.3, 0.4) is 0 Å². The third-order valence-corrected chi connectivity index (χ3v) is 2.76. The number of rotatable bonds is 7. The molecule has 0 unspecified atom stereocenters. The van der Waals surface area contributed by atoms with Crippen molar-refractivity contribution in [2.75, 3.05) is 0 Å². The molecule has 0 saturated heterocycles. The third-order valence-electron chi connectivity index (χ3n) is 2.76. The quantitative estimate of drug-likeness (QED) is 0.750. The number of carbonyl (C=O) groups excluding carboxylic acids is 1. The normalized spacial score (nSPS) is 11.5. The average molecular weight is 296 g/mol. The van der Waals surface area contributed by atoms with Gasteiger partial charge in [0.05, 0.1) is 12.5 Å². The smallest absolute Gasteiger partial charge is 0.326 e. The summed E-state index contributed by atoms with van der Waals surface area (Å²) in [6.07, 6.45) is 0.424. The van der Waals surface area contributed by atoms with Crippen LogP contribution in [-0.2, 0) is 16.0 Å². The van der Waals surface area contributed by atoms with Gasteiger partial charge in [0.15, 0.2) is 11.6 Å². The summed E-state index contributed by atoms with van der Waals surface area (Å²) in [6.45, 7) is 0. The molecule has 21 heavy (non-hydrogen) atoms. The Balaban J connectivity index is 2.59. The Bertz CT molecular complexity index is 570. The minimum absolute atomic E-state index is 0.131. The number of unbranched alkanes of at least 4 members (excludes halogenated alkanes) is 1. The molecule has 0 radical (unpaired) electrons. The number of carboxylic acids is 1. The fourth-order valence-corrected chi connectivity index (χ4v) is 1.72. The molecule has 0 fully saturated rings. The van der Waals surface area contributed by atoms with Crippen LogP contribution in [0.5, 0.6) is 0 Å². The van der Waals surface area contributed by atoms with Crippen LogP contribution < -0.4 is 5.32 Å². The van der Waals surface area contributed by atoms with Crippen molar-refractivity contribution in [2.45, 2.75) is 31.7 Å². The minimum atomic E-state index is -1.20. The van der Waals surface area contributed by atoms with Crippen molar-refractivity contribution >= 4 is 11.9 Å². The molecular weight excluding hydrogens is 282 g/mol. The maximum absolute atomic E-state index is 13.0. The second kappa shape index (κ2) is 7.94. The molecule has 5 nitrogen and oxygen atoms in total. The summed E-state index contributed by atoms with van der Waals surface area (Å²) in [5, 5.41) is 19.6. The van der Waals surface area contributed by atoms with Gasteiger partial charge in [-0.1, -0.05) is 6.07 Å². The molecule has 0 bridgehead atoms. The van der Waals surface area contributed by atoms with Crippen LogP contribution in [0.15, 0.2) is 18.2 Å². The van der Waals surface area contributed by atoms with Gasteiger partial charge in [0.25, 0.3) is 0 Å². The Morgan fingerprint density at radius 3 is 2.62 bits per heavy atom. The zero-order valence-electron chi connectivity index (χ0n) is 11.1. The summed E-state index contributed by atoms with van der Waals surface area (Å²) in [7, 11) is 0. The van der Waals surface area contributed by atoms with Gasteiger partial charge in [-0.2, -0.15) is 5.26 Å². The number of hydrogen-bond donors (Lipinski definition) is 2. The Morgan fingerprint density at radius 1 is 1.33 bits per heavy atom. The van der Waals surface area contributed by atoms with Crippen LogP contribution in [0.2, 0.25) is 0 Å². The highest BCUT2D eigenvalue weighted by Gasteiger charge is 2.19. The lowest BCUT2D eigenvalue weighted by Crippen LogP contribution is -2.41. The van der Waals surface area contributed by atoms with Crippen LogP contribution in [0, 0.1) is 23.0 Å². The summed E-state index contributed by atoms with van der Waals surface area (Å²) in [5.41, 5.74) is 0.243. The topological polar surface area (TPSA) is 90.2 Å². The second-order valence-corrected chi connectivity index (χ2v) is 4.43. The second-order valence-electron chi connectivity index (χ2n) is 4.43. The number of hydrogen-bond acceptors (Lipinski definition) is 3. The predicted molar refractivity (Wildman–Crippen MR) is 69.1 cm³/mol. The average Bonchev–Trinajstić information content (AvgIpc) is 2.42. The van der Waals surface area contributed by atoms with Crippen LogP contribution >= 0.6 is 0 Å². The molecular formula is C14H14F2N2O3. The molecule has 2 N–H and O–H groups in total. The number of halogens is 2. The molecule has 1 aromatic carbocycles. The fraction of sp³-hybridized carbons (Fsp3) is 0.357. The number of carboxylic acid groups (broad SMARTS) is 1. The Morgan fingerprint density at radius 2 is 2.05 bits per heavy atom. The van der Waals surface area contributed by atoms with Crippen molar-refractivity contribution in [2.24, 2.45) is 0 Å². The van der Waals surface area contributed by atoms with Gasteiger partial charge in [0, 0.05) is 6.42 Å². The maximum Gasteiger partial charge on any atom is 0.326 e. The first kappa shape index (κ1) is 16.6. The molecule has 1 rings (SSSR count). The van der Waals surface area contributed by atoms with Crippen molar-refractivity contribution in [3.63, 3.8) is 0 Å². The number of aliphatic carboxylic acids is 1. The zero-order chi connectivity index (χ0) is 15.8. The van der Waals surface area contributed by atoms with E-state index >= 15 is 0 Å². The molecule has 0 aliphatic rings. The molecule has 0 heterocycles. The van der Waals surface area contributed by atoms with E-state index in [1.165, 1.54) is 6.07 Å². The number of nitrogens with zero attached hydrogens (tertiary/aromatic N) is 1. The monoisotopic (exact) mass is 296 g/mol. The van der Waals surface area contributed by atoms with Crippen molar-refractivity contribution in [3.8, 4) is 6.07 Å². The summed E-state index contributed by atoms with van der Waals surface area (Å²) in [6, 6.07) is 3.83. The highest BCUT2D eigenvalue weighted by Crippen LogP contribution is 2.09. The van der Waals surface area contributed by atoms with Crippen LogP contribution in [0.1, 0.15) is 24.8 Å². The van der Waals surface area contributed by atoms with E-state index in [0.29, 0.717) is 6.42 Å². The molecule has 1 aromatic rings. The van der Waals surface area contributed by atoms with Crippen molar-refractivity contribution in [1.82, 2.24) is 5.32 Å². The van der Waals surface area contributed by atoms with E-state index in [9.17, 15) is 18.4 Å². The fourth-order valence-electron chi connectivity index (χ4n) is 1.72. The van der Waals surface area contributed by atoms with E-state index in [1.807, 2.05) is 6.07 Å². The Kier molecular flexibility index (Phi) is 6.27. The van der Waals surface area contributed by atoms with Crippen molar-refractivity contribution in [1.29, 1.82) is 5.26 Å². The van der Waals surface area contributed by atoms with Gasteiger partial charge in [0.1, 0.15) is 6.04 Å². The number of nitrogens with one attached hydrogen (secondary N) is 1. The van der Waals surface area contributed by atoms with E-state index < -0.39 is 29.6 Å². The summed E-state index contributed by atoms with van der Waals surface area (Å²) in [5.74, 6) is -3.89. The standard InChI is InChI=1S/C14H14F2N2O3/c15-10-5-4-9(7-11(10)16)8-13(19)18-12(14(20)21)3-1-2-6-17/h4-5,7,12H,1-3,8H2,(H,18,19)(H,20,21)/t12-/m1/s1. The van der Waals surface area contributed by atoms with Gasteiger partial charge in [-0.15, -0.1) is 0 Å². The minimum Gasteiger partial charge on any atom is -0.480 e. The molecule has 112 valence electrons. The van der Waals surface area contributed by atoms with E-state index in [-0.39, 0.29) is 24.8 Å². The van der Waals surface area contributed by atoms with Crippen molar-refractivity contribution in [3.05, 3.63) is 35.4 Å². The van der Waals surface area contributed by atoms with E-state index in [4.69, 9.17) is 10.4 Å². The first-order valence-corrected chi connectivity index (χ1v) is 6.27. The molecule has 1 atom stereocenters. The highest BCUT2D eigenvalue weighted by atomic mass is 19.2. The van der Waals surface area contributed by atoms with Gasteiger partial charge in [-0.25, -0.2) is 13.6 Å². The number of carbonyl (C=O) groups is 2. The van der Waals surface area contributed by atoms with Gasteiger partial charge < -0.3 is 10.4 Å². The summed E-state index contributed by atoms with van der Waals surface area (Å²) >= 11 is 0. The summed E-state index contributed by atoms with van der Waals surface area (Å²) < 4.78 is 25.7. The van der Waals surface area contributed by atoms with Gasteiger partial charge in [0.2, 0.25) is 5.91 Å². The lowest BCUT2D eigenvalue weighted by molar-refractivity contribution is -0.141. The molecule has 0 aliphatic heterocycles. The highest BCUT2D eigenvalue weighted by molar-refractivity contribution is 5.84. The molecule has 0 saturated carbocycles. The Labute approximate surface area is 120 Å². The SMILES string of the molecule is N#CCCC[C@@H](NC(=O)Cc1ccc(F)c(F)c1)C(=O)O. The van der Waals surface area contributed by atoms with E-state index in [2.05, 4.69) is 5.32 Å². The Hall–Kier alpha value is -2.49. The van der Waals surface area contributed by atoms with Gasteiger partial charge in [-0.05, 0) is 30.5 Å². The van der Waals surface area contributed by atoms with Crippen LogP contribution in [0.4, 0.5) is 8.78 Å². The third kappa shape index (κ3) is 5.57. The predicted octanol–water partition coefficient (Wildman–Crippen LogP) is 1.77.